The van der Waals surface area contributed by atoms with Crippen LogP contribution in [0.2, 0.25) is 0 Å². The first-order valence-corrected chi connectivity index (χ1v) is 9.45. The summed E-state index contributed by atoms with van der Waals surface area (Å²) >= 11 is 3.29. The molecule has 1 rings (SSSR count). The van der Waals surface area contributed by atoms with Gasteiger partial charge in [0.1, 0.15) is 6.10 Å². The first kappa shape index (κ1) is 22.4. The minimum atomic E-state index is -1.10. The molecule has 1 saturated heterocycles. The number of ether oxygens (including phenoxy) is 5. The predicted molar refractivity (Wildman–Crippen MR) is 94.3 cm³/mol. The van der Waals surface area contributed by atoms with Crippen LogP contribution < -0.4 is 0 Å². The van der Waals surface area contributed by atoms with Gasteiger partial charge in [-0.2, -0.15) is 0 Å². The molecule has 1 heterocycles. The van der Waals surface area contributed by atoms with Crippen molar-refractivity contribution < 1.29 is 38.1 Å². The van der Waals surface area contributed by atoms with Gasteiger partial charge in [0, 0.05) is 26.1 Å². The van der Waals surface area contributed by atoms with Crippen molar-refractivity contribution in [3.05, 3.63) is 12.3 Å². The molecule has 148 valence electrons. The highest BCUT2D eigenvalue weighted by atomic mass is 79.9. The molecule has 0 aliphatic carbocycles. The van der Waals surface area contributed by atoms with Gasteiger partial charge in [-0.25, -0.2) is 0 Å². The van der Waals surface area contributed by atoms with Crippen LogP contribution in [0.25, 0.3) is 0 Å². The third-order valence-electron chi connectivity index (χ3n) is 3.41. The van der Waals surface area contributed by atoms with Crippen molar-refractivity contribution in [1.29, 1.82) is 0 Å². The van der Waals surface area contributed by atoms with Crippen LogP contribution in [0.3, 0.4) is 0 Å². The molecule has 26 heavy (non-hydrogen) atoms. The molecule has 0 aromatic carbocycles. The van der Waals surface area contributed by atoms with Gasteiger partial charge in [0.15, 0.2) is 12.2 Å². The van der Waals surface area contributed by atoms with Gasteiger partial charge in [0.25, 0.3) is 0 Å². The molecule has 0 amide bonds. The fraction of sp³-hybridized carbons (Fsp3) is 0.706. The summed E-state index contributed by atoms with van der Waals surface area (Å²) in [5.41, 5.74) is 0. The maximum atomic E-state index is 11.6. The van der Waals surface area contributed by atoms with E-state index in [2.05, 4.69) is 15.9 Å². The molecular formula is C17H25BrO8. The maximum absolute atomic E-state index is 11.6. The quantitative estimate of drug-likeness (QED) is 0.247. The highest BCUT2D eigenvalue weighted by molar-refractivity contribution is 9.09. The molecule has 0 bridgehead atoms. The van der Waals surface area contributed by atoms with Gasteiger partial charge < -0.3 is 23.7 Å². The van der Waals surface area contributed by atoms with E-state index >= 15 is 0 Å². The van der Waals surface area contributed by atoms with Gasteiger partial charge in [-0.1, -0.05) is 29.3 Å². The van der Waals surface area contributed by atoms with Crippen molar-refractivity contribution in [3.8, 4) is 0 Å². The van der Waals surface area contributed by atoms with Gasteiger partial charge in [-0.15, -0.1) is 0 Å². The number of carbonyl (C=O) groups is 3. The van der Waals surface area contributed by atoms with Crippen LogP contribution in [0.5, 0.6) is 0 Å². The number of hydrogen-bond acceptors (Lipinski definition) is 8. The van der Waals surface area contributed by atoms with Crippen molar-refractivity contribution in [2.24, 2.45) is 0 Å². The van der Waals surface area contributed by atoms with Gasteiger partial charge >= 0.3 is 17.9 Å². The normalized spacial score (nSPS) is 28.4. The van der Waals surface area contributed by atoms with Gasteiger partial charge in [-0.05, 0) is 12.5 Å². The van der Waals surface area contributed by atoms with Gasteiger partial charge in [0.05, 0.1) is 6.26 Å². The third kappa shape index (κ3) is 6.95. The topological polar surface area (TPSA) is 97.4 Å². The van der Waals surface area contributed by atoms with E-state index in [0.717, 1.165) is 12.8 Å². The zero-order chi connectivity index (χ0) is 19.7. The number of hydrogen-bond donors (Lipinski definition) is 0. The molecule has 9 heteroatoms. The highest BCUT2D eigenvalue weighted by Crippen LogP contribution is 2.30. The summed E-state index contributed by atoms with van der Waals surface area (Å²) in [7, 11) is 0. The van der Waals surface area contributed by atoms with Crippen LogP contribution in [-0.2, 0) is 38.1 Å². The Kier molecular flexibility index (Phi) is 9.64. The average molecular weight is 437 g/mol. The van der Waals surface area contributed by atoms with E-state index in [1.165, 1.54) is 27.0 Å². The average Bonchev–Trinajstić information content (AvgIpc) is 2.54. The Labute approximate surface area is 161 Å². The number of unbranched alkanes of at least 4 members (excludes halogenated alkanes) is 1. The van der Waals surface area contributed by atoms with Gasteiger partial charge in [-0.3, -0.25) is 14.4 Å². The first-order valence-electron chi connectivity index (χ1n) is 8.33. The summed E-state index contributed by atoms with van der Waals surface area (Å²) in [5.74, 6) is -1.80. The predicted octanol–water partition coefficient (Wildman–Crippen LogP) is 2.23. The Hall–Kier alpha value is -1.61. The zero-order valence-corrected chi connectivity index (χ0v) is 16.9. The summed E-state index contributed by atoms with van der Waals surface area (Å²) in [6, 6.07) is 0. The lowest BCUT2D eigenvalue weighted by atomic mass is 9.99. The lowest BCUT2D eigenvalue weighted by molar-refractivity contribution is -0.288. The molecular weight excluding hydrogens is 412 g/mol. The second-order valence-electron chi connectivity index (χ2n) is 5.72. The molecule has 0 unspecified atom stereocenters. The number of esters is 3. The van der Waals surface area contributed by atoms with Crippen LogP contribution in [0.15, 0.2) is 12.3 Å². The summed E-state index contributed by atoms with van der Waals surface area (Å²) in [5, 5.41) is 0.286. The maximum Gasteiger partial charge on any atom is 0.303 e. The summed E-state index contributed by atoms with van der Waals surface area (Å²) < 4.78 is 27.2. The lowest BCUT2D eigenvalue weighted by Gasteiger charge is -2.43. The molecule has 5 atom stereocenters. The van der Waals surface area contributed by atoms with E-state index in [1.807, 2.05) is 6.92 Å². The second-order valence-corrected chi connectivity index (χ2v) is 6.36. The Bertz CT molecular complexity index is 521. The Morgan fingerprint density at radius 3 is 2.00 bits per heavy atom. The van der Waals surface area contributed by atoms with Crippen molar-refractivity contribution in [1.82, 2.24) is 0 Å². The number of allylic oxidation sites excluding steroid dienone is 1. The fourth-order valence-corrected chi connectivity index (χ4v) is 2.98. The molecule has 0 N–H and O–H groups in total. The highest BCUT2D eigenvalue weighted by Gasteiger charge is 2.52. The van der Waals surface area contributed by atoms with Crippen molar-refractivity contribution >= 4 is 33.8 Å². The Morgan fingerprint density at radius 2 is 1.50 bits per heavy atom. The van der Waals surface area contributed by atoms with E-state index in [9.17, 15) is 14.4 Å². The Balaban J connectivity index is 3.14. The summed E-state index contributed by atoms with van der Waals surface area (Å²) in [6.07, 6.45) is 0.181. The number of alkyl halides is 1. The second kappa shape index (κ2) is 11.2. The molecule has 0 radical (unpaired) electrons. The molecule has 0 aromatic rings. The minimum Gasteiger partial charge on any atom is -0.469 e. The fourth-order valence-electron chi connectivity index (χ4n) is 2.46. The van der Waals surface area contributed by atoms with Crippen LogP contribution in [0.1, 0.15) is 40.5 Å². The van der Waals surface area contributed by atoms with Crippen LogP contribution in [0, 0.1) is 0 Å². The molecule has 1 aliphatic rings. The minimum absolute atomic E-state index is 0.286. The molecule has 1 aliphatic heterocycles. The first-order chi connectivity index (χ1) is 12.3. The number of carbonyl (C=O) groups excluding carboxylic acids is 3. The van der Waals surface area contributed by atoms with Gasteiger partial charge in [0.2, 0.25) is 12.4 Å². The SMILES string of the molecule is CCCC=CO[C@@H]1O[C@H](CBr)[C@H](OC(C)=O)[C@H](OC(C)=O)[C@H]1OC(C)=O. The molecule has 8 nitrogen and oxygen atoms in total. The summed E-state index contributed by atoms with van der Waals surface area (Å²) in [4.78, 5) is 34.6. The smallest absolute Gasteiger partial charge is 0.303 e. The van der Waals surface area contributed by atoms with E-state index in [1.54, 1.807) is 6.08 Å². The molecule has 0 saturated carbocycles. The summed E-state index contributed by atoms with van der Waals surface area (Å²) in [6.45, 7) is 5.68. The van der Waals surface area contributed by atoms with Crippen LogP contribution in [0.4, 0.5) is 0 Å². The lowest BCUT2D eigenvalue weighted by Crippen LogP contribution is -2.62. The Morgan fingerprint density at radius 1 is 0.962 bits per heavy atom. The number of rotatable bonds is 8. The van der Waals surface area contributed by atoms with E-state index in [0.29, 0.717) is 0 Å². The van der Waals surface area contributed by atoms with Crippen molar-refractivity contribution in [2.75, 3.05) is 5.33 Å². The van der Waals surface area contributed by atoms with E-state index < -0.39 is 48.6 Å². The largest absolute Gasteiger partial charge is 0.469 e. The van der Waals surface area contributed by atoms with E-state index in [-0.39, 0.29) is 5.33 Å². The monoisotopic (exact) mass is 436 g/mol. The molecule has 1 fully saturated rings. The zero-order valence-electron chi connectivity index (χ0n) is 15.3. The van der Waals surface area contributed by atoms with Crippen LogP contribution >= 0.6 is 15.9 Å². The molecule has 0 aromatic heterocycles. The third-order valence-corrected chi connectivity index (χ3v) is 4.05. The molecule has 0 spiro atoms. The van der Waals surface area contributed by atoms with Crippen LogP contribution in [-0.4, -0.2) is 53.9 Å². The van der Waals surface area contributed by atoms with Crippen molar-refractivity contribution in [3.63, 3.8) is 0 Å². The van der Waals surface area contributed by atoms with Crippen molar-refractivity contribution in [2.45, 2.75) is 71.2 Å². The standard InChI is InChI=1S/C17H25BrO8/c1-5-6-7-8-22-17-16(25-12(4)21)15(24-11(3)20)14(23-10(2)19)13(9-18)26-17/h7-8,13-17H,5-6,9H2,1-4H3/t13-,14+,15+,16-,17-/m1/s1. The number of halogens is 1. The van der Waals surface area contributed by atoms with E-state index in [4.69, 9.17) is 23.7 Å².